The third-order valence-electron chi connectivity index (χ3n) is 2.85. The smallest absolute Gasteiger partial charge is 0.280 e. The Morgan fingerprint density at radius 1 is 1.15 bits per heavy atom. The number of nitro benzene ring substituents is 1. The predicted octanol–water partition coefficient (Wildman–Crippen LogP) is 3.47. The molecule has 0 aliphatic heterocycles. The van der Waals surface area contributed by atoms with Gasteiger partial charge in [-0.25, -0.2) is 0 Å². The number of nitrogens with zero attached hydrogens (tertiary/aromatic N) is 1. The molecule has 0 N–H and O–H groups in total. The van der Waals surface area contributed by atoms with E-state index in [9.17, 15) is 14.9 Å². The summed E-state index contributed by atoms with van der Waals surface area (Å²) in [5.74, 6) is 0.746. The molecule has 5 heteroatoms. The van der Waals surface area contributed by atoms with E-state index in [0.717, 1.165) is 11.3 Å². The fraction of sp³-hybridized carbons (Fsp3) is 0.133. The second kappa shape index (κ2) is 5.97. The standard InChI is InChI=1S/C15H13NO4/c1-2-20-14-7-5-11(6-8-14)12-3-4-13(10-17)15(9-12)16(18)19/h3-10H,2H2,1H3. The van der Waals surface area contributed by atoms with E-state index in [0.29, 0.717) is 18.5 Å². The van der Waals surface area contributed by atoms with E-state index >= 15 is 0 Å². The minimum atomic E-state index is -0.554. The zero-order chi connectivity index (χ0) is 14.5. The van der Waals surface area contributed by atoms with Crippen LogP contribution in [-0.2, 0) is 0 Å². The van der Waals surface area contributed by atoms with Gasteiger partial charge >= 0.3 is 0 Å². The lowest BCUT2D eigenvalue weighted by Crippen LogP contribution is -1.95. The second-order valence-electron chi connectivity index (χ2n) is 4.11. The van der Waals surface area contributed by atoms with Crippen molar-refractivity contribution < 1.29 is 14.5 Å². The van der Waals surface area contributed by atoms with E-state index in [4.69, 9.17) is 4.74 Å². The molecule has 5 nitrogen and oxygen atoms in total. The van der Waals surface area contributed by atoms with Gasteiger partial charge in [0.15, 0.2) is 6.29 Å². The van der Waals surface area contributed by atoms with Gasteiger partial charge in [-0.05, 0) is 36.2 Å². The number of aldehydes is 1. The molecule has 2 rings (SSSR count). The van der Waals surface area contributed by atoms with Gasteiger partial charge in [0.05, 0.1) is 17.1 Å². The Morgan fingerprint density at radius 3 is 2.35 bits per heavy atom. The normalized spacial score (nSPS) is 10.1. The zero-order valence-corrected chi connectivity index (χ0v) is 10.9. The molecule has 0 bridgehead atoms. The Balaban J connectivity index is 2.39. The van der Waals surface area contributed by atoms with Crippen molar-refractivity contribution in [3.05, 3.63) is 58.1 Å². The van der Waals surface area contributed by atoms with Crippen molar-refractivity contribution >= 4 is 12.0 Å². The molecule has 0 saturated heterocycles. The molecule has 0 spiro atoms. The Morgan fingerprint density at radius 2 is 1.80 bits per heavy atom. The lowest BCUT2D eigenvalue weighted by Gasteiger charge is -2.06. The summed E-state index contributed by atoms with van der Waals surface area (Å²) in [5.41, 5.74) is 1.40. The Bertz CT molecular complexity index is 635. The van der Waals surface area contributed by atoms with E-state index in [1.54, 1.807) is 18.2 Å². The highest BCUT2D eigenvalue weighted by Gasteiger charge is 2.14. The molecule has 0 radical (unpaired) electrons. The molecule has 20 heavy (non-hydrogen) atoms. The molecule has 0 aromatic heterocycles. The van der Waals surface area contributed by atoms with E-state index in [2.05, 4.69) is 0 Å². The van der Waals surface area contributed by atoms with Crippen LogP contribution in [0.3, 0.4) is 0 Å². The van der Waals surface area contributed by atoms with Crippen molar-refractivity contribution in [1.29, 1.82) is 0 Å². The summed E-state index contributed by atoms with van der Waals surface area (Å²) in [6.07, 6.45) is 0.486. The number of nitro groups is 1. The highest BCUT2D eigenvalue weighted by molar-refractivity contribution is 5.84. The van der Waals surface area contributed by atoms with Crippen LogP contribution in [0.4, 0.5) is 5.69 Å². The van der Waals surface area contributed by atoms with Crippen LogP contribution in [0.1, 0.15) is 17.3 Å². The summed E-state index contributed by atoms with van der Waals surface area (Å²) in [7, 11) is 0. The maximum atomic E-state index is 10.9. The van der Waals surface area contributed by atoms with Gasteiger partial charge < -0.3 is 4.74 Å². The summed E-state index contributed by atoms with van der Waals surface area (Å²) in [6.45, 7) is 2.48. The molecule has 2 aromatic carbocycles. The largest absolute Gasteiger partial charge is 0.494 e. The fourth-order valence-corrected chi connectivity index (χ4v) is 1.89. The SMILES string of the molecule is CCOc1ccc(-c2ccc(C=O)c([N+](=O)[O-])c2)cc1. The molecule has 0 aliphatic rings. The Labute approximate surface area is 116 Å². The van der Waals surface area contributed by atoms with Gasteiger partial charge in [-0.1, -0.05) is 18.2 Å². The summed E-state index contributed by atoms with van der Waals surface area (Å²) in [5, 5.41) is 10.9. The van der Waals surface area contributed by atoms with Crippen molar-refractivity contribution in [2.75, 3.05) is 6.61 Å². The molecule has 102 valence electrons. The van der Waals surface area contributed by atoms with Crippen molar-refractivity contribution in [3.63, 3.8) is 0 Å². The number of benzene rings is 2. The number of ether oxygens (including phenoxy) is 1. The molecule has 0 unspecified atom stereocenters. The molecule has 2 aromatic rings. The van der Waals surface area contributed by atoms with E-state index in [-0.39, 0.29) is 11.3 Å². The minimum absolute atomic E-state index is 0.0738. The van der Waals surface area contributed by atoms with Crippen molar-refractivity contribution in [1.82, 2.24) is 0 Å². The second-order valence-corrected chi connectivity index (χ2v) is 4.11. The first kappa shape index (κ1) is 13.7. The third-order valence-corrected chi connectivity index (χ3v) is 2.85. The van der Waals surface area contributed by atoms with Crippen LogP contribution in [0.15, 0.2) is 42.5 Å². The van der Waals surface area contributed by atoms with Crippen molar-refractivity contribution in [2.24, 2.45) is 0 Å². The van der Waals surface area contributed by atoms with Gasteiger partial charge in [0.1, 0.15) is 5.75 Å². The van der Waals surface area contributed by atoms with Crippen LogP contribution >= 0.6 is 0 Å². The third kappa shape index (κ3) is 2.83. The maximum Gasteiger partial charge on any atom is 0.280 e. The van der Waals surface area contributed by atoms with Crippen LogP contribution < -0.4 is 4.74 Å². The van der Waals surface area contributed by atoms with E-state index in [1.807, 2.05) is 19.1 Å². The number of hydrogen-bond acceptors (Lipinski definition) is 4. The van der Waals surface area contributed by atoms with Crippen LogP contribution in [0.25, 0.3) is 11.1 Å². The highest BCUT2D eigenvalue weighted by Crippen LogP contribution is 2.27. The predicted molar refractivity (Wildman–Crippen MR) is 75.1 cm³/mol. The van der Waals surface area contributed by atoms with Crippen LogP contribution in [0, 0.1) is 10.1 Å². The van der Waals surface area contributed by atoms with E-state index < -0.39 is 4.92 Å². The molecular weight excluding hydrogens is 258 g/mol. The van der Waals surface area contributed by atoms with Gasteiger partial charge in [0.2, 0.25) is 0 Å². The van der Waals surface area contributed by atoms with E-state index in [1.165, 1.54) is 12.1 Å². The lowest BCUT2D eigenvalue weighted by molar-refractivity contribution is -0.385. The first-order valence-corrected chi connectivity index (χ1v) is 6.12. The van der Waals surface area contributed by atoms with Gasteiger partial charge in [0.25, 0.3) is 5.69 Å². The quantitative estimate of drug-likeness (QED) is 0.474. The molecule has 0 aliphatic carbocycles. The van der Waals surface area contributed by atoms with Gasteiger partial charge in [-0.3, -0.25) is 14.9 Å². The number of carbonyl (C=O) groups excluding carboxylic acids is 1. The summed E-state index contributed by atoms with van der Waals surface area (Å²) >= 11 is 0. The topological polar surface area (TPSA) is 69.4 Å². The number of rotatable bonds is 5. The molecular formula is C15H13NO4. The molecule has 0 heterocycles. The summed E-state index contributed by atoms with van der Waals surface area (Å²) in [4.78, 5) is 21.2. The Hall–Kier alpha value is -2.69. The molecule has 0 amide bonds. The maximum absolute atomic E-state index is 10.9. The zero-order valence-electron chi connectivity index (χ0n) is 10.9. The monoisotopic (exact) mass is 271 g/mol. The van der Waals surface area contributed by atoms with Crippen LogP contribution in [-0.4, -0.2) is 17.8 Å². The van der Waals surface area contributed by atoms with Crippen molar-refractivity contribution in [2.45, 2.75) is 6.92 Å². The lowest BCUT2D eigenvalue weighted by atomic mass is 10.0. The van der Waals surface area contributed by atoms with Crippen molar-refractivity contribution in [3.8, 4) is 16.9 Å². The first-order valence-electron chi connectivity index (χ1n) is 6.12. The minimum Gasteiger partial charge on any atom is -0.494 e. The molecule has 0 atom stereocenters. The van der Waals surface area contributed by atoms with Gasteiger partial charge in [0, 0.05) is 6.07 Å². The number of carbonyl (C=O) groups is 1. The molecule has 0 saturated carbocycles. The average Bonchev–Trinajstić information content (AvgIpc) is 2.47. The van der Waals surface area contributed by atoms with Gasteiger partial charge in [-0.2, -0.15) is 0 Å². The average molecular weight is 271 g/mol. The number of hydrogen-bond donors (Lipinski definition) is 0. The summed E-state index contributed by atoms with van der Waals surface area (Å²) < 4.78 is 5.34. The highest BCUT2D eigenvalue weighted by atomic mass is 16.6. The first-order chi connectivity index (χ1) is 9.65. The Kier molecular flexibility index (Phi) is 4.10. The van der Waals surface area contributed by atoms with Crippen LogP contribution in [0.2, 0.25) is 0 Å². The summed E-state index contributed by atoms with van der Waals surface area (Å²) in [6, 6.07) is 11.8. The van der Waals surface area contributed by atoms with Gasteiger partial charge in [-0.15, -0.1) is 0 Å². The molecule has 0 fully saturated rings. The van der Waals surface area contributed by atoms with Crippen LogP contribution in [0.5, 0.6) is 5.75 Å². The fourth-order valence-electron chi connectivity index (χ4n) is 1.89.